The van der Waals surface area contributed by atoms with Crippen molar-refractivity contribution in [3.63, 3.8) is 0 Å². The van der Waals surface area contributed by atoms with Gasteiger partial charge in [0.05, 0.1) is 24.3 Å². The molecule has 0 radical (unpaired) electrons. The predicted molar refractivity (Wildman–Crippen MR) is 59.7 cm³/mol. The van der Waals surface area contributed by atoms with Gasteiger partial charge in [0.25, 0.3) is 0 Å². The molecule has 0 saturated heterocycles. The van der Waals surface area contributed by atoms with Crippen LogP contribution in [0.5, 0.6) is 5.75 Å². The molecule has 5 heteroatoms. The molecule has 0 amide bonds. The van der Waals surface area contributed by atoms with Crippen LogP contribution in [0.2, 0.25) is 0 Å². The summed E-state index contributed by atoms with van der Waals surface area (Å²) in [6.07, 6.45) is 0. The first-order chi connectivity index (χ1) is 6.60. The van der Waals surface area contributed by atoms with Crippen LogP contribution in [0.3, 0.4) is 0 Å². The number of benzene rings is 1. The van der Waals surface area contributed by atoms with Gasteiger partial charge in [0, 0.05) is 4.47 Å². The predicted octanol–water partition coefficient (Wildman–Crippen LogP) is 3.01. The van der Waals surface area contributed by atoms with E-state index in [1.54, 1.807) is 12.1 Å². The van der Waals surface area contributed by atoms with Crippen molar-refractivity contribution in [1.29, 1.82) is 0 Å². The molecular weight excluding hydrogens is 316 g/mol. The summed E-state index contributed by atoms with van der Waals surface area (Å²) in [5, 5.41) is 0. The normalized spacial score (nSPS) is 9.71. The van der Waals surface area contributed by atoms with E-state index in [0.717, 1.165) is 4.47 Å². The van der Waals surface area contributed by atoms with Crippen molar-refractivity contribution in [1.82, 2.24) is 0 Å². The number of hydrogen-bond donors (Lipinski definition) is 0. The molecular formula is C9H8Br2O3. The number of ether oxygens (including phenoxy) is 2. The summed E-state index contributed by atoms with van der Waals surface area (Å²) >= 11 is 6.57. The highest BCUT2D eigenvalue weighted by Crippen LogP contribution is 2.31. The molecule has 0 fully saturated rings. The van der Waals surface area contributed by atoms with E-state index in [0.29, 0.717) is 15.8 Å². The maximum absolute atomic E-state index is 11.3. The first-order valence-corrected chi connectivity index (χ1v) is 5.30. The molecule has 76 valence electrons. The zero-order chi connectivity index (χ0) is 10.7. The first kappa shape index (κ1) is 11.5. The van der Waals surface area contributed by atoms with Crippen LogP contribution in [0.1, 0.15) is 10.4 Å². The number of methoxy groups -OCH3 is 2. The Balaban J connectivity index is 3.24. The van der Waals surface area contributed by atoms with Gasteiger partial charge in [-0.05, 0) is 44.0 Å². The molecule has 1 rings (SSSR count). The molecule has 3 nitrogen and oxygen atoms in total. The fourth-order valence-electron chi connectivity index (χ4n) is 0.952. The average molecular weight is 324 g/mol. The van der Waals surface area contributed by atoms with E-state index in [1.807, 2.05) is 0 Å². The lowest BCUT2D eigenvalue weighted by Gasteiger charge is -2.07. The molecule has 0 aliphatic carbocycles. The molecule has 0 atom stereocenters. The highest BCUT2D eigenvalue weighted by atomic mass is 79.9. The van der Waals surface area contributed by atoms with Crippen molar-refractivity contribution >= 4 is 37.8 Å². The molecule has 0 spiro atoms. The van der Waals surface area contributed by atoms with Crippen molar-refractivity contribution in [3.8, 4) is 5.75 Å². The van der Waals surface area contributed by atoms with E-state index in [1.165, 1.54) is 14.2 Å². The maximum atomic E-state index is 11.3. The molecule has 14 heavy (non-hydrogen) atoms. The second-order valence-corrected chi connectivity index (χ2v) is 4.17. The van der Waals surface area contributed by atoms with Gasteiger partial charge >= 0.3 is 5.97 Å². The van der Waals surface area contributed by atoms with Crippen LogP contribution < -0.4 is 4.74 Å². The van der Waals surface area contributed by atoms with Crippen LogP contribution in [-0.4, -0.2) is 20.2 Å². The van der Waals surface area contributed by atoms with Crippen LogP contribution in [0.25, 0.3) is 0 Å². The zero-order valence-electron chi connectivity index (χ0n) is 7.64. The monoisotopic (exact) mass is 322 g/mol. The number of esters is 1. The van der Waals surface area contributed by atoms with Crippen LogP contribution in [0.4, 0.5) is 0 Å². The Hall–Kier alpha value is -0.550. The molecule has 1 aromatic rings. The molecule has 0 aromatic heterocycles. The van der Waals surface area contributed by atoms with Crippen molar-refractivity contribution in [3.05, 3.63) is 26.6 Å². The van der Waals surface area contributed by atoms with Gasteiger partial charge in [0.2, 0.25) is 0 Å². The van der Waals surface area contributed by atoms with Crippen LogP contribution in [0, 0.1) is 0 Å². The highest BCUT2D eigenvalue weighted by Gasteiger charge is 2.13. The minimum absolute atomic E-state index is 0.400. The summed E-state index contributed by atoms with van der Waals surface area (Å²) in [4.78, 5) is 11.3. The van der Waals surface area contributed by atoms with Gasteiger partial charge in [-0.1, -0.05) is 0 Å². The summed E-state index contributed by atoms with van der Waals surface area (Å²) in [5.41, 5.74) is 0.438. The molecule has 0 aliphatic heterocycles. The largest absolute Gasteiger partial charge is 0.496 e. The van der Waals surface area contributed by atoms with Crippen LogP contribution >= 0.6 is 31.9 Å². The maximum Gasteiger partial charge on any atom is 0.339 e. The Labute approximate surface area is 98.6 Å². The quantitative estimate of drug-likeness (QED) is 0.785. The number of hydrogen-bond acceptors (Lipinski definition) is 3. The van der Waals surface area contributed by atoms with Gasteiger partial charge in [-0.15, -0.1) is 0 Å². The Kier molecular flexibility index (Phi) is 3.95. The molecule has 0 N–H and O–H groups in total. The second kappa shape index (κ2) is 4.79. The molecule has 0 unspecified atom stereocenters. The van der Waals surface area contributed by atoms with Gasteiger partial charge in [0.15, 0.2) is 0 Å². The Morgan fingerprint density at radius 1 is 1.21 bits per heavy atom. The minimum Gasteiger partial charge on any atom is -0.496 e. The molecule has 0 saturated carbocycles. The van der Waals surface area contributed by atoms with Gasteiger partial charge in [0.1, 0.15) is 5.75 Å². The summed E-state index contributed by atoms with van der Waals surface area (Å²) in [6.45, 7) is 0. The van der Waals surface area contributed by atoms with Crippen molar-refractivity contribution in [2.24, 2.45) is 0 Å². The number of rotatable bonds is 2. The highest BCUT2D eigenvalue weighted by molar-refractivity contribution is 9.11. The van der Waals surface area contributed by atoms with Crippen molar-refractivity contribution in [2.75, 3.05) is 14.2 Å². The van der Waals surface area contributed by atoms with Gasteiger partial charge in [-0.25, -0.2) is 4.79 Å². The summed E-state index contributed by atoms with van der Waals surface area (Å²) in [7, 11) is 2.87. The fourth-order valence-corrected chi connectivity index (χ4v) is 2.27. The minimum atomic E-state index is -0.400. The van der Waals surface area contributed by atoms with E-state index in [-0.39, 0.29) is 0 Å². The summed E-state index contributed by atoms with van der Waals surface area (Å²) in [5.74, 6) is 0.191. The lowest BCUT2D eigenvalue weighted by atomic mass is 10.2. The van der Waals surface area contributed by atoms with Crippen molar-refractivity contribution in [2.45, 2.75) is 0 Å². The topological polar surface area (TPSA) is 35.5 Å². The van der Waals surface area contributed by atoms with E-state index >= 15 is 0 Å². The second-order valence-electron chi connectivity index (χ2n) is 2.46. The number of carbonyl (C=O) groups excluding carboxylic acids is 1. The SMILES string of the molecule is COC(=O)c1cc(OC)c(Br)cc1Br. The number of carbonyl (C=O) groups is 1. The summed E-state index contributed by atoms with van der Waals surface area (Å²) < 4.78 is 11.1. The van der Waals surface area contributed by atoms with Crippen LogP contribution in [0.15, 0.2) is 21.1 Å². The molecule has 1 aromatic carbocycles. The fraction of sp³-hybridized carbons (Fsp3) is 0.222. The van der Waals surface area contributed by atoms with E-state index in [4.69, 9.17) is 4.74 Å². The Morgan fingerprint density at radius 2 is 1.86 bits per heavy atom. The van der Waals surface area contributed by atoms with Crippen LogP contribution in [-0.2, 0) is 4.74 Å². The average Bonchev–Trinajstić information content (AvgIpc) is 2.17. The van der Waals surface area contributed by atoms with Gasteiger partial charge in [-0.2, -0.15) is 0 Å². The molecule has 0 aliphatic rings. The summed E-state index contributed by atoms with van der Waals surface area (Å²) in [6, 6.07) is 3.35. The lowest BCUT2D eigenvalue weighted by molar-refractivity contribution is 0.0599. The van der Waals surface area contributed by atoms with E-state index < -0.39 is 5.97 Å². The Morgan fingerprint density at radius 3 is 2.36 bits per heavy atom. The van der Waals surface area contributed by atoms with E-state index in [9.17, 15) is 4.79 Å². The van der Waals surface area contributed by atoms with E-state index in [2.05, 4.69) is 36.6 Å². The third-order valence-corrected chi connectivity index (χ3v) is 2.92. The molecule has 0 bridgehead atoms. The standard InChI is InChI=1S/C9H8Br2O3/c1-13-8-3-5(9(12)14-2)6(10)4-7(8)11/h3-4H,1-2H3. The Bertz CT molecular complexity index is 363. The first-order valence-electron chi connectivity index (χ1n) is 3.71. The van der Waals surface area contributed by atoms with Crippen molar-refractivity contribution < 1.29 is 14.3 Å². The zero-order valence-corrected chi connectivity index (χ0v) is 10.8. The third-order valence-electron chi connectivity index (χ3n) is 1.65. The smallest absolute Gasteiger partial charge is 0.339 e. The number of halogens is 2. The third kappa shape index (κ3) is 2.27. The lowest BCUT2D eigenvalue weighted by Crippen LogP contribution is -2.03. The van der Waals surface area contributed by atoms with Gasteiger partial charge < -0.3 is 9.47 Å². The molecule has 0 heterocycles. The van der Waals surface area contributed by atoms with Gasteiger partial charge in [-0.3, -0.25) is 0 Å².